The highest BCUT2D eigenvalue weighted by atomic mass is 16.5. The van der Waals surface area contributed by atoms with Crippen molar-refractivity contribution in [2.75, 3.05) is 39.5 Å². The van der Waals surface area contributed by atoms with Crippen molar-refractivity contribution in [3.8, 4) is 5.75 Å². The van der Waals surface area contributed by atoms with Crippen LogP contribution in [-0.2, 0) is 4.74 Å². The first-order valence-electron chi connectivity index (χ1n) is 9.75. The fourth-order valence-corrected chi connectivity index (χ4v) is 3.39. The van der Waals surface area contributed by atoms with Gasteiger partial charge in [0.25, 0.3) is 0 Å². The van der Waals surface area contributed by atoms with Crippen LogP contribution in [0.25, 0.3) is 0 Å². The molecule has 144 valence electrons. The topological polar surface area (TPSA) is 38.8 Å². The summed E-state index contributed by atoms with van der Waals surface area (Å²) in [5.74, 6) is 1.24. The number of morpholine rings is 1. The number of hydrogen-bond acceptors (Lipinski definition) is 4. The summed E-state index contributed by atoms with van der Waals surface area (Å²) >= 11 is 0. The predicted molar refractivity (Wildman–Crippen MR) is 108 cm³/mol. The largest absolute Gasteiger partial charge is 0.492 e. The molecule has 1 fully saturated rings. The van der Waals surface area contributed by atoms with Gasteiger partial charge in [-0.25, -0.2) is 0 Å². The molecule has 0 aliphatic carbocycles. The zero-order valence-electron chi connectivity index (χ0n) is 16.3. The van der Waals surface area contributed by atoms with E-state index in [1.807, 2.05) is 43.3 Å². The third-order valence-electron chi connectivity index (χ3n) is 5.13. The third kappa shape index (κ3) is 5.65. The molecule has 4 heteroatoms. The standard InChI is InChI=1S/C23H29NO3/c1-18(20-6-4-3-5-7-20)17-22(25)21-8-9-23(19(2)16-21)27-15-12-24-10-13-26-14-11-24/h3-9,16,18H,10-15,17H2,1-2H3. The monoisotopic (exact) mass is 367 g/mol. The molecule has 0 bridgehead atoms. The van der Waals surface area contributed by atoms with Gasteiger partial charge in [-0.2, -0.15) is 0 Å². The van der Waals surface area contributed by atoms with E-state index in [1.54, 1.807) is 0 Å². The van der Waals surface area contributed by atoms with E-state index in [0.29, 0.717) is 13.0 Å². The molecule has 0 N–H and O–H groups in total. The maximum atomic E-state index is 12.7. The minimum absolute atomic E-state index is 0.175. The van der Waals surface area contributed by atoms with Gasteiger partial charge in [-0.05, 0) is 42.2 Å². The van der Waals surface area contributed by atoms with Gasteiger partial charge in [0.1, 0.15) is 12.4 Å². The average Bonchev–Trinajstić information content (AvgIpc) is 2.70. The second-order valence-electron chi connectivity index (χ2n) is 7.22. The van der Waals surface area contributed by atoms with Gasteiger partial charge in [-0.3, -0.25) is 9.69 Å². The van der Waals surface area contributed by atoms with Crippen LogP contribution in [-0.4, -0.2) is 50.1 Å². The van der Waals surface area contributed by atoms with E-state index in [-0.39, 0.29) is 11.7 Å². The Balaban J connectivity index is 1.53. The zero-order valence-corrected chi connectivity index (χ0v) is 16.3. The second-order valence-corrected chi connectivity index (χ2v) is 7.22. The fraction of sp³-hybridized carbons (Fsp3) is 0.435. The lowest BCUT2D eigenvalue weighted by atomic mass is 9.93. The Morgan fingerprint density at radius 1 is 1.15 bits per heavy atom. The second kappa shape index (κ2) is 9.67. The summed E-state index contributed by atoms with van der Waals surface area (Å²) in [5, 5.41) is 0. The number of rotatable bonds is 8. The van der Waals surface area contributed by atoms with Crippen LogP contribution >= 0.6 is 0 Å². The summed E-state index contributed by atoms with van der Waals surface area (Å²) in [6.45, 7) is 9.20. The van der Waals surface area contributed by atoms with Crippen LogP contribution in [0, 0.1) is 6.92 Å². The lowest BCUT2D eigenvalue weighted by molar-refractivity contribution is 0.0322. The zero-order chi connectivity index (χ0) is 19.1. The normalized spacial score (nSPS) is 16.1. The van der Waals surface area contributed by atoms with Crippen molar-refractivity contribution < 1.29 is 14.3 Å². The molecule has 0 radical (unpaired) electrons. The number of carbonyl (C=O) groups excluding carboxylic acids is 1. The number of carbonyl (C=O) groups is 1. The van der Waals surface area contributed by atoms with Crippen LogP contribution in [0.3, 0.4) is 0 Å². The van der Waals surface area contributed by atoms with Gasteiger partial charge in [0.2, 0.25) is 0 Å². The molecule has 2 aromatic carbocycles. The van der Waals surface area contributed by atoms with Gasteiger partial charge < -0.3 is 9.47 Å². The van der Waals surface area contributed by atoms with Crippen molar-refractivity contribution in [3.05, 3.63) is 65.2 Å². The Kier molecular flexibility index (Phi) is 7.02. The van der Waals surface area contributed by atoms with Crippen molar-refractivity contribution >= 4 is 5.78 Å². The molecule has 0 aromatic heterocycles. The van der Waals surface area contributed by atoms with Gasteiger partial charge in [0.15, 0.2) is 5.78 Å². The molecule has 1 aliphatic heterocycles. The summed E-state index contributed by atoms with van der Waals surface area (Å²) in [6, 6.07) is 16.0. The minimum atomic E-state index is 0.175. The van der Waals surface area contributed by atoms with Crippen molar-refractivity contribution in [2.24, 2.45) is 0 Å². The Morgan fingerprint density at radius 3 is 2.59 bits per heavy atom. The van der Waals surface area contributed by atoms with Gasteiger partial charge in [-0.15, -0.1) is 0 Å². The number of ketones is 1. The van der Waals surface area contributed by atoms with E-state index < -0.39 is 0 Å². The summed E-state index contributed by atoms with van der Waals surface area (Å²) in [5.41, 5.74) is 2.97. The quantitative estimate of drug-likeness (QED) is 0.659. The highest BCUT2D eigenvalue weighted by Gasteiger charge is 2.15. The molecular weight excluding hydrogens is 338 g/mol. The molecule has 1 atom stereocenters. The van der Waals surface area contributed by atoms with E-state index in [0.717, 1.165) is 49.7 Å². The molecule has 1 unspecified atom stereocenters. The van der Waals surface area contributed by atoms with Crippen molar-refractivity contribution in [2.45, 2.75) is 26.2 Å². The maximum Gasteiger partial charge on any atom is 0.163 e. The lowest BCUT2D eigenvalue weighted by Gasteiger charge is -2.26. The number of ether oxygens (including phenoxy) is 2. The lowest BCUT2D eigenvalue weighted by Crippen LogP contribution is -2.38. The maximum absolute atomic E-state index is 12.7. The summed E-state index contributed by atoms with van der Waals surface area (Å²) in [7, 11) is 0. The van der Waals surface area contributed by atoms with Gasteiger partial charge in [0, 0.05) is 31.6 Å². The molecule has 3 rings (SSSR count). The van der Waals surface area contributed by atoms with E-state index >= 15 is 0 Å². The number of benzene rings is 2. The molecule has 1 saturated heterocycles. The van der Waals surface area contributed by atoms with E-state index in [4.69, 9.17) is 9.47 Å². The van der Waals surface area contributed by atoms with Crippen LogP contribution in [0.5, 0.6) is 5.75 Å². The Bertz CT molecular complexity index is 739. The van der Waals surface area contributed by atoms with Crippen molar-refractivity contribution in [3.63, 3.8) is 0 Å². The SMILES string of the molecule is Cc1cc(C(=O)CC(C)c2ccccc2)ccc1OCCN1CCOCC1. The third-order valence-corrected chi connectivity index (χ3v) is 5.13. The van der Waals surface area contributed by atoms with Crippen molar-refractivity contribution in [1.82, 2.24) is 4.90 Å². The highest BCUT2D eigenvalue weighted by Crippen LogP contribution is 2.24. The predicted octanol–water partition coefficient (Wildman–Crippen LogP) is 4.08. The first kappa shape index (κ1) is 19.6. The van der Waals surface area contributed by atoms with Crippen molar-refractivity contribution in [1.29, 1.82) is 0 Å². The number of nitrogens with zero attached hydrogens (tertiary/aromatic N) is 1. The molecule has 0 spiro atoms. The van der Waals surface area contributed by atoms with E-state index in [1.165, 1.54) is 5.56 Å². The smallest absolute Gasteiger partial charge is 0.163 e. The Morgan fingerprint density at radius 2 is 1.89 bits per heavy atom. The number of hydrogen-bond donors (Lipinski definition) is 0. The first-order chi connectivity index (χ1) is 13.1. The van der Waals surface area contributed by atoms with Gasteiger partial charge in [-0.1, -0.05) is 37.3 Å². The Hall–Kier alpha value is -2.17. The van der Waals surface area contributed by atoms with Crippen LogP contribution in [0.2, 0.25) is 0 Å². The number of Topliss-reactive ketones (excluding diaryl/α,β-unsaturated/α-hetero) is 1. The van der Waals surface area contributed by atoms with Gasteiger partial charge in [0.05, 0.1) is 13.2 Å². The molecule has 0 saturated carbocycles. The van der Waals surface area contributed by atoms with Crippen LogP contribution in [0.1, 0.15) is 40.7 Å². The molecule has 0 amide bonds. The van der Waals surface area contributed by atoms with E-state index in [2.05, 4.69) is 24.0 Å². The van der Waals surface area contributed by atoms with E-state index in [9.17, 15) is 4.79 Å². The Labute approximate surface area is 162 Å². The van der Waals surface area contributed by atoms with Gasteiger partial charge >= 0.3 is 0 Å². The summed E-state index contributed by atoms with van der Waals surface area (Å²) < 4.78 is 11.3. The highest BCUT2D eigenvalue weighted by molar-refractivity contribution is 5.96. The minimum Gasteiger partial charge on any atom is -0.492 e. The molecular formula is C23H29NO3. The first-order valence-corrected chi connectivity index (χ1v) is 9.75. The van der Waals surface area contributed by atoms with Crippen LogP contribution in [0.4, 0.5) is 0 Å². The summed E-state index contributed by atoms with van der Waals surface area (Å²) in [6.07, 6.45) is 0.515. The molecule has 1 heterocycles. The number of aryl methyl sites for hydroxylation is 1. The van der Waals surface area contributed by atoms with Crippen LogP contribution < -0.4 is 4.74 Å². The fourth-order valence-electron chi connectivity index (χ4n) is 3.39. The molecule has 1 aliphatic rings. The summed E-state index contributed by atoms with van der Waals surface area (Å²) in [4.78, 5) is 15.0. The average molecular weight is 367 g/mol. The van der Waals surface area contributed by atoms with Crippen LogP contribution in [0.15, 0.2) is 48.5 Å². The molecule has 2 aromatic rings. The molecule has 27 heavy (non-hydrogen) atoms. The molecule has 4 nitrogen and oxygen atoms in total.